The van der Waals surface area contributed by atoms with Gasteiger partial charge in [-0.2, -0.15) is 0 Å². The molecule has 0 aromatic carbocycles. The molecule has 6 aromatic rings. The van der Waals surface area contributed by atoms with Crippen molar-refractivity contribution in [3.63, 3.8) is 0 Å². The van der Waals surface area contributed by atoms with Crippen LogP contribution in [0, 0.1) is 0 Å². The standard InChI is InChI=1S/C29H33N21.C14H30N2/c1(5-9-48(24-36-11-30-12-37-24)25-38-13-31-14-39-25)3-7-23(50(28-44-19-34-20-45-28)29-46-21-35-22-47-29)8-4-2-6-10-49(26-40-15-32-16-41-26)27-42-17-33-18-43-27;1-7-8-9-15-12-10-13(2,3)16(6)14(4,5)11-12/h11-23H,1-10H2;12,15H,7-11H2,1-6H3. The van der Waals surface area contributed by atoms with Crippen LogP contribution >= 0.6 is 0 Å². The molecule has 0 aliphatic carbocycles. The van der Waals surface area contributed by atoms with Crippen LogP contribution in [0.2, 0.25) is 0 Å². The molecule has 0 atom stereocenters. The SMILES string of the molecule is CCCCNC1CC(C)(C)N(C)C(C)(C)C1.c1ncnc(N(CCCCCC(CCCCCN(c2ncncn2)c2ncncn2)N(c2ncncn2)c2ncncn2)c2ncncn2)n1. The van der Waals surface area contributed by atoms with Gasteiger partial charge in [0.2, 0.25) is 35.7 Å². The normalized spacial score (nSPS) is 14.6. The zero-order valence-corrected chi connectivity index (χ0v) is 39.0. The highest BCUT2D eigenvalue weighted by atomic mass is 15.4. The van der Waals surface area contributed by atoms with Gasteiger partial charge in [0, 0.05) is 36.3 Å². The third-order valence-corrected chi connectivity index (χ3v) is 11.7. The van der Waals surface area contributed by atoms with Crippen molar-refractivity contribution in [2.24, 2.45) is 0 Å². The minimum Gasteiger partial charge on any atom is -0.314 e. The van der Waals surface area contributed by atoms with E-state index in [0.29, 0.717) is 65.9 Å². The van der Waals surface area contributed by atoms with Crippen molar-refractivity contribution in [3.05, 3.63) is 75.9 Å². The van der Waals surface area contributed by atoms with Crippen LogP contribution in [-0.4, -0.2) is 144 Å². The molecule has 0 radical (unpaired) electrons. The number of rotatable bonds is 23. The molecule has 1 aliphatic heterocycles. The molecule has 23 nitrogen and oxygen atoms in total. The third-order valence-electron chi connectivity index (χ3n) is 11.7. The lowest BCUT2D eigenvalue weighted by Gasteiger charge is -2.53. The molecule has 6 aromatic heterocycles. The summed E-state index contributed by atoms with van der Waals surface area (Å²) in [4.78, 5) is 84.3. The molecule has 7 heterocycles. The smallest absolute Gasteiger partial charge is 0.235 e. The summed E-state index contributed by atoms with van der Waals surface area (Å²) in [5.74, 6) is 2.86. The number of unbranched alkanes of at least 4 members (excludes halogenated alkanes) is 5. The van der Waals surface area contributed by atoms with Gasteiger partial charge in [0.1, 0.15) is 75.9 Å². The molecular formula is C43H63N23. The molecule has 0 amide bonds. The van der Waals surface area contributed by atoms with E-state index in [2.05, 4.69) is 142 Å². The van der Waals surface area contributed by atoms with E-state index in [9.17, 15) is 0 Å². The molecule has 66 heavy (non-hydrogen) atoms. The van der Waals surface area contributed by atoms with Crippen LogP contribution in [-0.2, 0) is 0 Å². The van der Waals surface area contributed by atoms with E-state index in [1.54, 1.807) is 0 Å². The van der Waals surface area contributed by atoms with Gasteiger partial charge in [0.25, 0.3) is 0 Å². The Morgan fingerprint density at radius 3 is 1.12 bits per heavy atom. The second-order valence-corrected chi connectivity index (χ2v) is 17.3. The number of likely N-dealkylation sites (tertiary alicyclic amines) is 1. The van der Waals surface area contributed by atoms with E-state index in [4.69, 9.17) is 0 Å². The molecule has 0 saturated carbocycles. The lowest BCUT2D eigenvalue weighted by molar-refractivity contribution is -0.0180. The van der Waals surface area contributed by atoms with Gasteiger partial charge in [-0.1, -0.05) is 39.0 Å². The van der Waals surface area contributed by atoms with Crippen LogP contribution in [0.25, 0.3) is 0 Å². The van der Waals surface area contributed by atoms with Gasteiger partial charge in [0.15, 0.2) is 0 Å². The van der Waals surface area contributed by atoms with Gasteiger partial charge in [-0.15, -0.1) is 0 Å². The first-order valence-electron chi connectivity index (χ1n) is 22.7. The average Bonchev–Trinajstić information content (AvgIpc) is 3.35. The number of aromatic nitrogens is 18. The number of nitrogens with one attached hydrogen (secondary N) is 1. The van der Waals surface area contributed by atoms with E-state index in [0.717, 1.165) is 51.4 Å². The monoisotopic (exact) mass is 902 g/mol. The summed E-state index contributed by atoms with van der Waals surface area (Å²) in [6.45, 7) is 14.1. The van der Waals surface area contributed by atoms with Gasteiger partial charge in [-0.3, -0.25) is 19.6 Å². The summed E-state index contributed by atoms with van der Waals surface area (Å²) in [7, 11) is 2.27. The van der Waals surface area contributed by atoms with Crippen molar-refractivity contribution in [1.29, 1.82) is 0 Å². The first-order valence-corrected chi connectivity index (χ1v) is 22.7. The zero-order valence-electron chi connectivity index (χ0n) is 39.0. The quantitative estimate of drug-likeness (QED) is 0.0818. The minimum absolute atomic E-state index is 0.00821. The fourth-order valence-corrected chi connectivity index (χ4v) is 8.25. The van der Waals surface area contributed by atoms with Crippen molar-refractivity contribution < 1.29 is 0 Å². The molecule has 7 rings (SSSR count). The Morgan fingerprint density at radius 1 is 0.485 bits per heavy atom. The molecule has 0 unspecified atom stereocenters. The van der Waals surface area contributed by atoms with Gasteiger partial charge in [0.05, 0.1) is 0 Å². The van der Waals surface area contributed by atoms with Gasteiger partial charge in [-0.05, 0) is 86.2 Å². The van der Waals surface area contributed by atoms with Gasteiger partial charge >= 0.3 is 0 Å². The molecule has 0 bridgehead atoms. The van der Waals surface area contributed by atoms with Crippen LogP contribution in [0.15, 0.2) is 75.9 Å². The summed E-state index contributed by atoms with van der Waals surface area (Å²) in [5, 5.41) is 3.73. The fraction of sp³-hybridized carbons (Fsp3) is 0.581. The number of hydrogen-bond acceptors (Lipinski definition) is 23. The Hall–Kier alpha value is -6.62. The summed E-state index contributed by atoms with van der Waals surface area (Å²) >= 11 is 0. The van der Waals surface area contributed by atoms with E-state index in [1.165, 1.54) is 108 Å². The summed E-state index contributed by atoms with van der Waals surface area (Å²) in [6.07, 6.45) is 29.6. The van der Waals surface area contributed by atoms with E-state index < -0.39 is 0 Å². The molecule has 1 aliphatic rings. The van der Waals surface area contributed by atoms with Crippen molar-refractivity contribution in [2.45, 2.75) is 135 Å². The van der Waals surface area contributed by atoms with E-state index >= 15 is 0 Å². The fourth-order valence-electron chi connectivity index (χ4n) is 8.25. The summed E-state index contributed by atoms with van der Waals surface area (Å²) < 4.78 is 0. The largest absolute Gasteiger partial charge is 0.314 e. The first-order chi connectivity index (χ1) is 32.2. The molecule has 1 saturated heterocycles. The predicted octanol–water partition coefficient (Wildman–Crippen LogP) is 5.13. The maximum Gasteiger partial charge on any atom is 0.235 e. The molecule has 1 N–H and O–H groups in total. The number of hydrogen-bond donors (Lipinski definition) is 1. The zero-order chi connectivity index (χ0) is 46.5. The van der Waals surface area contributed by atoms with Crippen LogP contribution < -0.4 is 20.0 Å². The highest BCUT2D eigenvalue weighted by molar-refractivity contribution is 5.48. The number of anilines is 6. The molecule has 0 spiro atoms. The molecule has 350 valence electrons. The summed E-state index contributed by atoms with van der Waals surface area (Å²) in [6, 6.07) is 0.680. The average molecular weight is 902 g/mol. The Balaban J connectivity index is 0.000000381. The maximum absolute atomic E-state index is 4.46. The number of piperidine rings is 1. The van der Waals surface area contributed by atoms with Gasteiger partial charge in [-0.25, -0.2) is 89.7 Å². The van der Waals surface area contributed by atoms with E-state index in [-0.39, 0.29) is 6.04 Å². The Morgan fingerprint density at radius 2 is 0.803 bits per heavy atom. The predicted molar refractivity (Wildman–Crippen MR) is 248 cm³/mol. The van der Waals surface area contributed by atoms with Crippen LogP contribution in [0.3, 0.4) is 0 Å². The Kier molecular flexibility index (Phi) is 18.6. The van der Waals surface area contributed by atoms with Crippen molar-refractivity contribution >= 4 is 35.7 Å². The van der Waals surface area contributed by atoms with Crippen LogP contribution in [0.1, 0.15) is 112 Å². The maximum atomic E-state index is 4.46. The molecule has 1 fully saturated rings. The Bertz CT molecular complexity index is 1970. The molecular weight excluding hydrogens is 839 g/mol. The van der Waals surface area contributed by atoms with Crippen molar-refractivity contribution in [2.75, 3.05) is 41.4 Å². The van der Waals surface area contributed by atoms with Crippen LogP contribution in [0.4, 0.5) is 35.7 Å². The second-order valence-electron chi connectivity index (χ2n) is 17.3. The number of nitrogens with zero attached hydrogens (tertiary/aromatic N) is 22. The summed E-state index contributed by atoms with van der Waals surface area (Å²) in [5.41, 5.74) is 0.622. The van der Waals surface area contributed by atoms with E-state index in [1.807, 2.05) is 14.7 Å². The second kappa shape index (κ2) is 25.2. The topological polar surface area (TPSA) is 257 Å². The Labute approximate surface area is 386 Å². The van der Waals surface area contributed by atoms with Crippen molar-refractivity contribution in [3.8, 4) is 0 Å². The highest BCUT2D eigenvalue weighted by Crippen LogP contribution is 2.37. The first kappa shape index (κ1) is 48.8. The lowest BCUT2D eigenvalue weighted by Crippen LogP contribution is -2.62. The van der Waals surface area contributed by atoms with Gasteiger partial charge < -0.3 is 5.32 Å². The highest BCUT2D eigenvalue weighted by Gasteiger charge is 2.42. The minimum atomic E-state index is -0.00821. The third kappa shape index (κ3) is 14.4. The van der Waals surface area contributed by atoms with Crippen molar-refractivity contribution in [1.82, 2.24) is 99.9 Å². The lowest BCUT2D eigenvalue weighted by atomic mass is 9.77. The van der Waals surface area contributed by atoms with Crippen LogP contribution in [0.5, 0.6) is 0 Å². The molecule has 23 heteroatoms.